The zero-order valence-electron chi connectivity index (χ0n) is 16.3. The summed E-state index contributed by atoms with van der Waals surface area (Å²) in [5.74, 6) is 0.911. The summed E-state index contributed by atoms with van der Waals surface area (Å²) < 4.78 is 2.03. The fourth-order valence-corrected chi connectivity index (χ4v) is 4.18. The average Bonchev–Trinajstić information content (AvgIpc) is 3.29. The molecule has 0 bridgehead atoms. The molecule has 144 valence electrons. The molecule has 5 rings (SSSR count). The van der Waals surface area contributed by atoms with Crippen LogP contribution >= 0.6 is 0 Å². The molecule has 6 nitrogen and oxygen atoms in total. The maximum absolute atomic E-state index is 9.18. The second-order valence-corrected chi connectivity index (χ2v) is 7.42. The van der Waals surface area contributed by atoms with Gasteiger partial charge in [0.2, 0.25) is 0 Å². The SMILES string of the molecule is Cc1cccc(C)c1-c1nc2cnccn2c1Nc1ccc2c(c1)CCC2=NO. The molecule has 1 aliphatic rings. The number of nitrogens with zero attached hydrogens (tertiary/aromatic N) is 4. The first-order valence-electron chi connectivity index (χ1n) is 9.65. The highest BCUT2D eigenvalue weighted by Crippen LogP contribution is 2.35. The van der Waals surface area contributed by atoms with Gasteiger partial charge in [0.25, 0.3) is 0 Å². The Balaban J connectivity index is 1.66. The second-order valence-electron chi connectivity index (χ2n) is 7.42. The van der Waals surface area contributed by atoms with Crippen LogP contribution in [0.25, 0.3) is 16.9 Å². The monoisotopic (exact) mass is 383 g/mol. The van der Waals surface area contributed by atoms with Crippen LogP contribution in [0, 0.1) is 13.8 Å². The Morgan fingerprint density at radius 3 is 2.72 bits per heavy atom. The van der Waals surface area contributed by atoms with Gasteiger partial charge >= 0.3 is 0 Å². The lowest BCUT2D eigenvalue weighted by Gasteiger charge is -2.13. The third-order valence-electron chi connectivity index (χ3n) is 5.58. The zero-order valence-corrected chi connectivity index (χ0v) is 16.3. The molecule has 4 aromatic rings. The number of aromatic nitrogens is 3. The number of nitrogens with one attached hydrogen (secondary N) is 1. The van der Waals surface area contributed by atoms with E-state index in [2.05, 4.69) is 53.6 Å². The maximum Gasteiger partial charge on any atom is 0.157 e. The van der Waals surface area contributed by atoms with Crippen LogP contribution in [0.4, 0.5) is 11.5 Å². The molecule has 2 aromatic carbocycles. The molecule has 0 saturated heterocycles. The summed E-state index contributed by atoms with van der Waals surface area (Å²) in [7, 11) is 0. The lowest BCUT2D eigenvalue weighted by Crippen LogP contribution is -2.00. The molecular formula is C23H21N5O. The normalized spacial score (nSPS) is 14.5. The minimum Gasteiger partial charge on any atom is -0.411 e. The lowest BCUT2D eigenvalue weighted by molar-refractivity contribution is 0.318. The predicted molar refractivity (Wildman–Crippen MR) is 114 cm³/mol. The Morgan fingerprint density at radius 2 is 1.93 bits per heavy atom. The fraction of sp³-hybridized carbons (Fsp3) is 0.174. The number of hydrogen-bond donors (Lipinski definition) is 2. The summed E-state index contributed by atoms with van der Waals surface area (Å²) in [5, 5.41) is 16.2. The van der Waals surface area contributed by atoms with Gasteiger partial charge in [-0.1, -0.05) is 29.4 Å². The topological polar surface area (TPSA) is 74.8 Å². The first-order chi connectivity index (χ1) is 14.2. The molecule has 0 unspecified atom stereocenters. The molecule has 2 N–H and O–H groups in total. The smallest absolute Gasteiger partial charge is 0.157 e. The van der Waals surface area contributed by atoms with Crippen LogP contribution < -0.4 is 5.32 Å². The van der Waals surface area contributed by atoms with Crippen LogP contribution in [0.2, 0.25) is 0 Å². The van der Waals surface area contributed by atoms with Crippen molar-refractivity contribution in [3.63, 3.8) is 0 Å². The zero-order chi connectivity index (χ0) is 20.0. The van der Waals surface area contributed by atoms with E-state index in [0.717, 1.165) is 52.5 Å². The Morgan fingerprint density at radius 1 is 1.10 bits per heavy atom. The summed E-state index contributed by atoms with van der Waals surface area (Å²) in [4.78, 5) is 9.11. The van der Waals surface area contributed by atoms with E-state index in [1.165, 1.54) is 16.7 Å². The van der Waals surface area contributed by atoms with E-state index in [0.29, 0.717) is 0 Å². The van der Waals surface area contributed by atoms with Gasteiger partial charge in [-0.2, -0.15) is 0 Å². The first kappa shape index (κ1) is 17.4. The van der Waals surface area contributed by atoms with Crippen LogP contribution in [0.15, 0.2) is 60.1 Å². The van der Waals surface area contributed by atoms with Gasteiger partial charge in [0.05, 0.1) is 11.9 Å². The number of imidazole rings is 1. The second kappa shape index (κ2) is 6.74. The number of fused-ring (bicyclic) bond motifs is 2. The van der Waals surface area contributed by atoms with Crippen molar-refractivity contribution in [2.24, 2.45) is 5.16 Å². The molecule has 2 heterocycles. The Bertz CT molecular complexity index is 1250. The van der Waals surface area contributed by atoms with Crippen molar-refractivity contribution >= 4 is 22.9 Å². The Kier molecular flexibility index (Phi) is 4.05. The molecule has 0 amide bonds. The third-order valence-corrected chi connectivity index (χ3v) is 5.58. The number of hydrogen-bond acceptors (Lipinski definition) is 5. The first-order valence-corrected chi connectivity index (χ1v) is 9.65. The minimum absolute atomic E-state index is 0.753. The van der Waals surface area contributed by atoms with E-state index in [-0.39, 0.29) is 0 Å². The van der Waals surface area contributed by atoms with Crippen molar-refractivity contribution in [1.29, 1.82) is 0 Å². The number of rotatable bonds is 3. The van der Waals surface area contributed by atoms with Crippen LogP contribution in [-0.2, 0) is 6.42 Å². The third kappa shape index (κ3) is 2.84. The number of benzene rings is 2. The van der Waals surface area contributed by atoms with Crippen LogP contribution in [0.5, 0.6) is 0 Å². The number of anilines is 2. The quantitative estimate of drug-likeness (QED) is 0.390. The summed E-state index contributed by atoms with van der Waals surface area (Å²) >= 11 is 0. The highest BCUT2D eigenvalue weighted by Gasteiger charge is 2.21. The van der Waals surface area contributed by atoms with Gasteiger partial charge in [-0.15, -0.1) is 0 Å². The van der Waals surface area contributed by atoms with E-state index in [1.54, 1.807) is 12.4 Å². The highest BCUT2D eigenvalue weighted by molar-refractivity contribution is 6.04. The molecule has 0 atom stereocenters. The molecule has 2 aromatic heterocycles. The largest absolute Gasteiger partial charge is 0.411 e. The molecule has 6 heteroatoms. The van der Waals surface area contributed by atoms with Gasteiger partial charge < -0.3 is 10.5 Å². The van der Waals surface area contributed by atoms with Crippen molar-refractivity contribution < 1.29 is 5.21 Å². The van der Waals surface area contributed by atoms with Gasteiger partial charge in [0, 0.05) is 29.2 Å². The minimum atomic E-state index is 0.753. The number of oxime groups is 1. The van der Waals surface area contributed by atoms with E-state index >= 15 is 0 Å². The van der Waals surface area contributed by atoms with E-state index in [4.69, 9.17) is 4.98 Å². The molecule has 0 aliphatic heterocycles. The van der Waals surface area contributed by atoms with E-state index < -0.39 is 0 Å². The molecule has 0 radical (unpaired) electrons. The van der Waals surface area contributed by atoms with Crippen molar-refractivity contribution in [3.8, 4) is 11.3 Å². The maximum atomic E-state index is 9.18. The Hall–Kier alpha value is -3.67. The van der Waals surface area contributed by atoms with Crippen LogP contribution in [-0.4, -0.2) is 25.3 Å². The van der Waals surface area contributed by atoms with Crippen molar-refractivity contribution in [2.75, 3.05) is 5.32 Å². The van der Waals surface area contributed by atoms with Gasteiger partial charge in [0.15, 0.2) is 5.65 Å². The highest BCUT2D eigenvalue weighted by atomic mass is 16.4. The van der Waals surface area contributed by atoms with Gasteiger partial charge in [-0.3, -0.25) is 9.38 Å². The predicted octanol–water partition coefficient (Wildman–Crippen LogP) is 4.88. The Labute approximate surface area is 168 Å². The molecule has 29 heavy (non-hydrogen) atoms. The molecular weight excluding hydrogens is 362 g/mol. The fourth-order valence-electron chi connectivity index (χ4n) is 4.18. The van der Waals surface area contributed by atoms with Crippen LogP contribution in [0.1, 0.15) is 28.7 Å². The molecule has 0 spiro atoms. The van der Waals surface area contributed by atoms with Crippen molar-refractivity contribution in [3.05, 3.63) is 77.2 Å². The summed E-state index contributed by atoms with van der Waals surface area (Å²) in [5.41, 5.74) is 9.15. The van der Waals surface area contributed by atoms with Gasteiger partial charge in [0.1, 0.15) is 11.5 Å². The lowest BCUT2D eigenvalue weighted by atomic mass is 10.00. The van der Waals surface area contributed by atoms with Crippen molar-refractivity contribution in [1.82, 2.24) is 14.4 Å². The van der Waals surface area contributed by atoms with Crippen LogP contribution in [0.3, 0.4) is 0 Å². The van der Waals surface area contributed by atoms with E-state index in [9.17, 15) is 5.21 Å². The molecule has 0 fully saturated rings. The van der Waals surface area contributed by atoms with Crippen molar-refractivity contribution in [2.45, 2.75) is 26.7 Å². The molecule has 1 aliphatic carbocycles. The summed E-state index contributed by atoms with van der Waals surface area (Å²) in [6, 6.07) is 12.5. The standard InChI is InChI=1S/C23H21N5O/c1-14-4-3-5-15(2)21(14)22-23(28-11-10-24-13-20(28)26-22)25-17-7-8-18-16(12-17)6-9-19(18)27-29/h3-5,7-8,10-13,25,29H,6,9H2,1-2H3. The van der Waals surface area contributed by atoms with Gasteiger partial charge in [-0.05, 0) is 55.5 Å². The number of aryl methyl sites for hydroxylation is 3. The summed E-state index contributed by atoms with van der Waals surface area (Å²) in [6.07, 6.45) is 7.11. The van der Waals surface area contributed by atoms with Gasteiger partial charge in [-0.25, -0.2) is 4.98 Å². The molecule has 0 saturated carbocycles. The average molecular weight is 383 g/mol. The summed E-state index contributed by atoms with van der Waals surface area (Å²) in [6.45, 7) is 4.22. The van der Waals surface area contributed by atoms with E-state index in [1.807, 2.05) is 22.7 Å².